The molecule has 1 aliphatic heterocycles. The smallest absolute Gasteiger partial charge is 0.262 e. The molecule has 1 aromatic heterocycles. The Morgan fingerprint density at radius 3 is 2.52 bits per heavy atom. The summed E-state index contributed by atoms with van der Waals surface area (Å²) < 4.78 is 1.92. The number of nitrogens with one attached hydrogen (secondary N) is 1. The number of hydrogen-bond donors (Lipinski definition) is 1. The average molecular weight is 477 g/mol. The largest absolute Gasteiger partial charge is 0.368 e. The molecule has 1 fully saturated rings. The summed E-state index contributed by atoms with van der Waals surface area (Å²) in [4.78, 5) is 32.5. The van der Waals surface area contributed by atoms with E-state index in [9.17, 15) is 9.59 Å². The lowest BCUT2D eigenvalue weighted by Crippen LogP contribution is -2.48. The SMILES string of the molecule is O=C(CCCn1c(=S)[nH]c2ccccc2c1=O)N1CCN(c2ccc(Cl)c(Cl)c2)CC1. The van der Waals surface area contributed by atoms with Crippen molar-refractivity contribution in [3.63, 3.8) is 0 Å². The van der Waals surface area contributed by atoms with Crippen LogP contribution in [0.1, 0.15) is 12.8 Å². The Balaban J connectivity index is 1.32. The number of anilines is 1. The van der Waals surface area contributed by atoms with Crippen LogP contribution in [0.2, 0.25) is 10.0 Å². The number of fused-ring (bicyclic) bond motifs is 1. The van der Waals surface area contributed by atoms with Crippen molar-refractivity contribution in [1.29, 1.82) is 0 Å². The van der Waals surface area contributed by atoms with Crippen LogP contribution in [-0.2, 0) is 11.3 Å². The van der Waals surface area contributed by atoms with E-state index in [0.29, 0.717) is 52.7 Å². The number of amides is 1. The molecule has 0 unspecified atom stereocenters. The first-order valence-corrected chi connectivity index (χ1v) is 11.3. The van der Waals surface area contributed by atoms with Crippen molar-refractivity contribution in [2.45, 2.75) is 19.4 Å². The van der Waals surface area contributed by atoms with Crippen LogP contribution in [0.4, 0.5) is 5.69 Å². The molecule has 0 saturated carbocycles. The van der Waals surface area contributed by atoms with Crippen molar-refractivity contribution in [1.82, 2.24) is 14.5 Å². The highest BCUT2D eigenvalue weighted by Crippen LogP contribution is 2.27. The molecule has 0 atom stereocenters. The summed E-state index contributed by atoms with van der Waals surface area (Å²) in [6.07, 6.45) is 0.933. The van der Waals surface area contributed by atoms with Gasteiger partial charge in [0.15, 0.2) is 4.77 Å². The molecule has 1 N–H and O–H groups in total. The Hall–Kier alpha value is -2.35. The fraction of sp³-hybridized carbons (Fsp3) is 0.318. The van der Waals surface area contributed by atoms with Crippen molar-refractivity contribution in [3.8, 4) is 0 Å². The molecular formula is C22H22Cl2N4O2S. The maximum absolute atomic E-state index is 12.7. The zero-order chi connectivity index (χ0) is 22.0. The monoisotopic (exact) mass is 476 g/mol. The molecule has 1 aliphatic rings. The topological polar surface area (TPSA) is 61.3 Å². The van der Waals surface area contributed by atoms with Gasteiger partial charge in [0.25, 0.3) is 5.56 Å². The van der Waals surface area contributed by atoms with Gasteiger partial charge in [0.05, 0.1) is 20.9 Å². The van der Waals surface area contributed by atoms with Gasteiger partial charge in [-0.25, -0.2) is 0 Å². The number of carbonyl (C=O) groups is 1. The summed E-state index contributed by atoms with van der Waals surface area (Å²) in [5.74, 6) is 0.0949. The van der Waals surface area contributed by atoms with Crippen LogP contribution in [0.15, 0.2) is 47.3 Å². The number of aromatic amines is 1. The summed E-state index contributed by atoms with van der Waals surface area (Å²) in [5, 5.41) is 1.66. The zero-order valence-electron chi connectivity index (χ0n) is 16.8. The maximum Gasteiger partial charge on any atom is 0.262 e. The Bertz CT molecular complexity index is 1230. The second kappa shape index (κ2) is 9.42. The molecule has 0 radical (unpaired) electrons. The van der Waals surface area contributed by atoms with Gasteiger partial charge in [0.2, 0.25) is 5.91 Å². The van der Waals surface area contributed by atoms with Crippen LogP contribution in [0.25, 0.3) is 10.9 Å². The lowest BCUT2D eigenvalue weighted by Gasteiger charge is -2.36. The number of aromatic nitrogens is 2. The second-order valence-corrected chi connectivity index (χ2v) is 8.70. The lowest BCUT2D eigenvalue weighted by atomic mass is 10.2. The van der Waals surface area contributed by atoms with Crippen molar-refractivity contribution in [3.05, 3.63) is 67.6 Å². The molecule has 0 aliphatic carbocycles. The van der Waals surface area contributed by atoms with Gasteiger partial charge < -0.3 is 14.8 Å². The van der Waals surface area contributed by atoms with Gasteiger partial charge in [-0.05, 0) is 49.0 Å². The standard InChI is InChI=1S/C22H22Cl2N4O2S/c23-17-8-7-15(14-18(17)24)26-10-12-27(13-11-26)20(29)6-3-9-28-21(30)16-4-1-2-5-19(16)25-22(28)31/h1-2,4-5,7-8,14H,3,6,9-13H2,(H,25,31). The van der Waals surface area contributed by atoms with Crippen LogP contribution >= 0.6 is 35.4 Å². The molecule has 2 aromatic carbocycles. The van der Waals surface area contributed by atoms with Gasteiger partial charge in [0, 0.05) is 44.8 Å². The zero-order valence-corrected chi connectivity index (χ0v) is 19.1. The van der Waals surface area contributed by atoms with Crippen LogP contribution < -0.4 is 10.5 Å². The highest BCUT2D eigenvalue weighted by atomic mass is 35.5. The number of benzene rings is 2. The predicted octanol–water partition coefficient (Wildman–Crippen LogP) is 4.49. The molecule has 0 spiro atoms. The number of nitrogens with zero attached hydrogens (tertiary/aromatic N) is 3. The molecule has 3 aromatic rings. The minimum atomic E-state index is -0.123. The van der Waals surface area contributed by atoms with Crippen molar-refractivity contribution in [2.24, 2.45) is 0 Å². The van der Waals surface area contributed by atoms with Crippen molar-refractivity contribution >= 4 is 57.9 Å². The van der Waals surface area contributed by atoms with E-state index in [4.69, 9.17) is 35.4 Å². The van der Waals surface area contributed by atoms with Gasteiger partial charge in [-0.3, -0.25) is 14.2 Å². The van der Waals surface area contributed by atoms with E-state index < -0.39 is 0 Å². The van der Waals surface area contributed by atoms with Crippen LogP contribution in [0.5, 0.6) is 0 Å². The number of para-hydroxylation sites is 1. The Labute approximate surface area is 195 Å². The fourth-order valence-electron chi connectivity index (χ4n) is 3.84. The van der Waals surface area contributed by atoms with E-state index >= 15 is 0 Å². The molecule has 1 saturated heterocycles. The van der Waals surface area contributed by atoms with E-state index in [-0.39, 0.29) is 11.5 Å². The number of carbonyl (C=O) groups excluding carboxylic acids is 1. The van der Waals surface area contributed by atoms with Crippen molar-refractivity contribution in [2.75, 3.05) is 31.1 Å². The van der Waals surface area contributed by atoms with E-state index in [1.807, 2.05) is 35.2 Å². The third-order valence-corrected chi connectivity index (χ3v) is 6.62. The second-order valence-electron chi connectivity index (χ2n) is 7.50. The Morgan fingerprint density at radius 2 is 1.77 bits per heavy atom. The molecular weight excluding hydrogens is 455 g/mol. The van der Waals surface area contributed by atoms with E-state index in [1.165, 1.54) is 4.57 Å². The van der Waals surface area contributed by atoms with Crippen LogP contribution in [-0.4, -0.2) is 46.5 Å². The van der Waals surface area contributed by atoms with Gasteiger partial charge in [-0.1, -0.05) is 35.3 Å². The molecule has 0 bridgehead atoms. The highest BCUT2D eigenvalue weighted by Gasteiger charge is 2.21. The molecule has 9 heteroatoms. The molecule has 6 nitrogen and oxygen atoms in total. The van der Waals surface area contributed by atoms with Gasteiger partial charge in [-0.15, -0.1) is 0 Å². The fourth-order valence-corrected chi connectivity index (χ4v) is 4.42. The first kappa shape index (κ1) is 21.9. The molecule has 4 rings (SSSR count). The normalized spacial score (nSPS) is 14.3. The molecule has 31 heavy (non-hydrogen) atoms. The number of H-pyrrole nitrogens is 1. The molecule has 1 amide bonds. The first-order valence-electron chi connectivity index (χ1n) is 10.1. The average Bonchev–Trinajstić information content (AvgIpc) is 2.78. The Kier molecular flexibility index (Phi) is 6.65. The Morgan fingerprint density at radius 1 is 1.03 bits per heavy atom. The third-order valence-electron chi connectivity index (χ3n) is 5.56. The first-order chi connectivity index (χ1) is 14.9. The predicted molar refractivity (Wildman–Crippen MR) is 128 cm³/mol. The number of piperazine rings is 1. The minimum Gasteiger partial charge on any atom is -0.368 e. The van der Waals surface area contributed by atoms with Crippen LogP contribution in [0, 0.1) is 4.77 Å². The number of hydrogen-bond acceptors (Lipinski definition) is 4. The van der Waals surface area contributed by atoms with E-state index in [1.54, 1.807) is 12.1 Å². The van der Waals surface area contributed by atoms with E-state index in [0.717, 1.165) is 24.3 Å². The maximum atomic E-state index is 12.7. The van der Waals surface area contributed by atoms with E-state index in [2.05, 4.69) is 9.88 Å². The third kappa shape index (κ3) is 4.79. The summed E-state index contributed by atoms with van der Waals surface area (Å²) in [6, 6.07) is 12.9. The minimum absolute atomic E-state index is 0.0949. The number of halogens is 2. The van der Waals surface area contributed by atoms with Gasteiger partial charge >= 0.3 is 0 Å². The summed E-state index contributed by atoms with van der Waals surface area (Å²) in [7, 11) is 0. The summed E-state index contributed by atoms with van der Waals surface area (Å²) in [5.41, 5.74) is 1.61. The van der Waals surface area contributed by atoms with Gasteiger partial charge in [-0.2, -0.15) is 0 Å². The molecule has 162 valence electrons. The summed E-state index contributed by atoms with van der Waals surface area (Å²) >= 11 is 17.4. The lowest BCUT2D eigenvalue weighted by molar-refractivity contribution is -0.131. The number of rotatable bonds is 5. The quantitative estimate of drug-likeness (QED) is 0.550. The molecule has 2 heterocycles. The van der Waals surface area contributed by atoms with Crippen LogP contribution in [0.3, 0.4) is 0 Å². The van der Waals surface area contributed by atoms with Crippen molar-refractivity contribution < 1.29 is 4.79 Å². The highest BCUT2D eigenvalue weighted by molar-refractivity contribution is 7.71. The summed E-state index contributed by atoms with van der Waals surface area (Å²) in [6.45, 7) is 3.18. The van der Waals surface area contributed by atoms with Gasteiger partial charge in [0.1, 0.15) is 0 Å².